The number of carbonyl (C=O) groups is 3. The van der Waals surface area contributed by atoms with E-state index in [0.717, 1.165) is 31.2 Å². The van der Waals surface area contributed by atoms with Crippen molar-refractivity contribution in [1.82, 2.24) is 0 Å². The molecular weight excluding hydrogens is 436 g/mol. The van der Waals surface area contributed by atoms with Gasteiger partial charge in [-0.3, -0.25) is 14.4 Å². The molecule has 4 heteroatoms. The Bertz CT molecular complexity index is 1100. The van der Waals surface area contributed by atoms with Crippen LogP contribution in [-0.4, -0.2) is 23.1 Å². The summed E-state index contributed by atoms with van der Waals surface area (Å²) < 4.78 is 6.40. The van der Waals surface area contributed by atoms with Gasteiger partial charge in [0, 0.05) is 11.8 Å². The molecule has 0 saturated heterocycles. The predicted molar refractivity (Wildman–Crippen MR) is 136 cm³/mol. The van der Waals surface area contributed by atoms with Crippen molar-refractivity contribution in [3.8, 4) is 0 Å². The zero-order valence-electron chi connectivity index (χ0n) is 21.5. The number of allylic oxidation sites excluding steroid dienone is 4. The highest BCUT2D eigenvalue weighted by molar-refractivity contribution is 5.92. The van der Waals surface area contributed by atoms with E-state index >= 15 is 0 Å². The van der Waals surface area contributed by atoms with Crippen LogP contribution in [0.5, 0.6) is 0 Å². The van der Waals surface area contributed by atoms with Gasteiger partial charge in [0.15, 0.2) is 17.2 Å². The number of carbonyl (C=O) groups excluding carboxylic acids is 3. The number of hydrogen-bond acceptors (Lipinski definition) is 4. The van der Waals surface area contributed by atoms with E-state index in [-0.39, 0.29) is 34.8 Å². The van der Waals surface area contributed by atoms with Crippen molar-refractivity contribution in [3.63, 3.8) is 0 Å². The fourth-order valence-electron chi connectivity index (χ4n) is 8.28. The Morgan fingerprint density at radius 2 is 1.77 bits per heavy atom. The number of ether oxygens (including phenoxy) is 1. The molecule has 0 spiro atoms. The van der Waals surface area contributed by atoms with Gasteiger partial charge in [-0.1, -0.05) is 63.3 Å². The zero-order chi connectivity index (χ0) is 25.0. The van der Waals surface area contributed by atoms with E-state index in [1.807, 2.05) is 43.3 Å². The third-order valence-corrected chi connectivity index (χ3v) is 10.4. The third kappa shape index (κ3) is 3.50. The van der Waals surface area contributed by atoms with Crippen LogP contribution in [0, 0.1) is 28.6 Å². The number of rotatable bonds is 5. The molecule has 186 valence electrons. The Kier molecular flexibility index (Phi) is 5.93. The summed E-state index contributed by atoms with van der Waals surface area (Å²) in [5.74, 6) is 0.631. The normalized spacial score (nSPS) is 38.6. The van der Waals surface area contributed by atoms with Gasteiger partial charge in [0.05, 0.1) is 5.92 Å². The SMILES string of the molecule is CC[C@H](C(=O)O[C@@]1(C(C)=O)CC[C@H]2[C@@H]3C=CC4=CC(=O)CC[C@]4(C)[C@H]3CC[C@@]21C)c1ccccc1. The van der Waals surface area contributed by atoms with Gasteiger partial charge < -0.3 is 4.74 Å². The maximum absolute atomic E-state index is 13.6. The average molecular weight is 475 g/mol. The fraction of sp³-hybridized carbons (Fsp3) is 0.581. The van der Waals surface area contributed by atoms with Gasteiger partial charge in [0.25, 0.3) is 0 Å². The fourth-order valence-corrected chi connectivity index (χ4v) is 8.28. The molecule has 7 atom stereocenters. The molecule has 0 aromatic heterocycles. The van der Waals surface area contributed by atoms with Gasteiger partial charge >= 0.3 is 5.97 Å². The average Bonchev–Trinajstić information content (AvgIpc) is 3.14. The Morgan fingerprint density at radius 1 is 1.06 bits per heavy atom. The second-order valence-corrected chi connectivity index (χ2v) is 11.8. The van der Waals surface area contributed by atoms with Crippen LogP contribution in [0.2, 0.25) is 0 Å². The number of esters is 1. The molecule has 1 aromatic rings. The molecule has 4 aliphatic carbocycles. The number of benzene rings is 1. The second kappa shape index (κ2) is 8.57. The van der Waals surface area contributed by atoms with Crippen LogP contribution in [-0.2, 0) is 19.1 Å². The molecule has 0 N–H and O–H groups in total. The van der Waals surface area contributed by atoms with Crippen molar-refractivity contribution >= 4 is 17.5 Å². The molecule has 0 amide bonds. The van der Waals surface area contributed by atoms with Gasteiger partial charge in [0.2, 0.25) is 0 Å². The first kappa shape index (κ1) is 24.2. The summed E-state index contributed by atoms with van der Waals surface area (Å²) in [7, 11) is 0. The lowest BCUT2D eigenvalue weighted by atomic mass is 9.48. The van der Waals surface area contributed by atoms with Crippen LogP contribution in [0.4, 0.5) is 0 Å². The van der Waals surface area contributed by atoms with Crippen molar-refractivity contribution in [2.24, 2.45) is 28.6 Å². The Balaban J connectivity index is 1.47. The number of hydrogen-bond donors (Lipinski definition) is 0. The van der Waals surface area contributed by atoms with Gasteiger partial charge in [-0.25, -0.2) is 0 Å². The van der Waals surface area contributed by atoms with Gasteiger partial charge in [-0.2, -0.15) is 0 Å². The van der Waals surface area contributed by atoms with Crippen LogP contribution < -0.4 is 0 Å². The maximum Gasteiger partial charge on any atom is 0.314 e. The van der Waals surface area contributed by atoms with E-state index in [0.29, 0.717) is 31.1 Å². The summed E-state index contributed by atoms with van der Waals surface area (Å²) in [5.41, 5.74) is 0.658. The molecule has 1 aromatic carbocycles. The molecule has 0 bridgehead atoms. The van der Waals surface area contributed by atoms with Crippen molar-refractivity contribution in [2.75, 3.05) is 0 Å². The van der Waals surface area contributed by atoms with E-state index in [2.05, 4.69) is 26.0 Å². The smallest absolute Gasteiger partial charge is 0.314 e. The lowest BCUT2D eigenvalue weighted by Crippen LogP contribution is -2.58. The Labute approximate surface area is 209 Å². The first-order valence-corrected chi connectivity index (χ1v) is 13.4. The molecule has 2 fully saturated rings. The minimum Gasteiger partial charge on any atom is -0.450 e. The van der Waals surface area contributed by atoms with E-state index < -0.39 is 11.0 Å². The molecule has 0 heterocycles. The maximum atomic E-state index is 13.6. The Morgan fingerprint density at radius 3 is 2.46 bits per heavy atom. The topological polar surface area (TPSA) is 60.4 Å². The van der Waals surface area contributed by atoms with Crippen LogP contribution in [0.3, 0.4) is 0 Å². The van der Waals surface area contributed by atoms with E-state index in [4.69, 9.17) is 4.74 Å². The van der Waals surface area contributed by atoms with E-state index in [9.17, 15) is 14.4 Å². The largest absolute Gasteiger partial charge is 0.450 e. The monoisotopic (exact) mass is 474 g/mol. The summed E-state index contributed by atoms with van der Waals surface area (Å²) in [6.45, 7) is 8.14. The van der Waals surface area contributed by atoms with Gasteiger partial charge in [-0.05, 0) is 85.8 Å². The number of fused-ring (bicyclic) bond motifs is 5. The number of Topliss-reactive ketones (excluding diaryl/α,β-unsaturated/α-hetero) is 1. The molecule has 5 rings (SSSR count). The Hall–Kier alpha value is -2.49. The summed E-state index contributed by atoms with van der Waals surface area (Å²) in [5, 5.41) is 0. The molecule has 35 heavy (non-hydrogen) atoms. The molecular formula is C31H38O4. The molecule has 2 saturated carbocycles. The highest BCUT2D eigenvalue weighted by Gasteiger charge is 2.67. The van der Waals surface area contributed by atoms with E-state index in [1.54, 1.807) is 6.92 Å². The van der Waals surface area contributed by atoms with Crippen LogP contribution in [0.1, 0.15) is 84.1 Å². The quantitative estimate of drug-likeness (QED) is 0.466. The highest BCUT2D eigenvalue weighted by atomic mass is 16.6. The number of ketones is 2. The van der Waals surface area contributed by atoms with E-state index in [1.165, 1.54) is 5.57 Å². The molecule has 0 radical (unpaired) electrons. The summed E-state index contributed by atoms with van der Waals surface area (Å²) >= 11 is 0. The molecule has 4 nitrogen and oxygen atoms in total. The van der Waals surface area contributed by atoms with Crippen LogP contribution in [0.25, 0.3) is 0 Å². The minimum atomic E-state index is -1.07. The van der Waals surface area contributed by atoms with Crippen LogP contribution >= 0.6 is 0 Å². The lowest BCUT2D eigenvalue weighted by Gasteiger charge is -2.57. The van der Waals surface area contributed by atoms with Crippen molar-refractivity contribution in [3.05, 3.63) is 59.7 Å². The highest BCUT2D eigenvalue weighted by Crippen LogP contribution is 2.67. The van der Waals surface area contributed by atoms with Gasteiger partial charge in [0.1, 0.15) is 0 Å². The summed E-state index contributed by atoms with van der Waals surface area (Å²) in [6, 6.07) is 9.76. The first-order valence-electron chi connectivity index (χ1n) is 13.4. The first-order chi connectivity index (χ1) is 16.7. The molecule has 4 aliphatic rings. The van der Waals surface area contributed by atoms with Crippen LogP contribution in [0.15, 0.2) is 54.1 Å². The van der Waals surface area contributed by atoms with Crippen molar-refractivity contribution < 1.29 is 19.1 Å². The minimum absolute atomic E-state index is 0.00736. The summed E-state index contributed by atoms with van der Waals surface area (Å²) in [4.78, 5) is 39.0. The van der Waals surface area contributed by atoms with Crippen molar-refractivity contribution in [2.45, 2.75) is 84.2 Å². The molecule has 0 unspecified atom stereocenters. The standard InChI is InChI=1S/C31H38O4/c1-5-24(21-9-7-6-8-10-21)28(34)35-31(20(2)32)18-15-27-25-12-11-22-19-23(33)13-16-29(22,3)26(25)14-17-30(27,31)4/h6-12,19,24-27H,5,13-18H2,1-4H3/t24-,25+,26-,27-,29-,30-,31+/m0/s1. The van der Waals surface area contributed by atoms with Gasteiger partial charge in [-0.15, -0.1) is 0 Å². The zero-order valence-corrected chi connectivity index (χ0v) is 21.5. The van der Waals surface area contributed by atoms with Crippen molar-refractivity contribution in [1.29, 1.82) is 0 Å². The predicted octanol–water partition coefficient (Wildman–Crippen LogP) is 6.36. The molecule has 0 aliphatic heterocycles. The lowest BCUT2D eigenvalue weighted by molar-refractivity contribution is -0.188. The third-order valence-electron chi connectivity index (χ3n) is 10.4. The second-order valence-electron chi connectivity index (χ2n) is 11.8. The summed E-state index contributed by atoms with van der Waals surface area (Å²) in [6.07, 6.45) is 11.8.